The highest BCUT2D eigenvalue weighted by molar-refractivity contribution is 7.18. The summed E-state index contributed by atoms with van der Waals surface area (Å²) < 4.78 is 0. The molecule has 5 rings (SSSR count). The van der Waals surface area contributed by atoms with Crippen LogP contribution in [0.4, 0.5) is 0 Å². The van der Waals surface area contributed by atoms with Gasteiger partial charge in [-0.25, -0.2) is 4.98 Å². The Morgan fingerprint density at radius 1 is 1.14 bits per heavy atom. The Bertz CT molecular complexity index is 1400. The molecule has 0 aliphatic rings. The molecule has 0 saturated heterocycles. The number of H-pyrrole nitrogens is 1. The molecule has 0 aliphatic heterocycles. The molecule has 28 heavy (non-hydrogen) atoms. The molecule has 136 valence electrons. The third-order valence-electron chi connectivity index (χ3n) is 4.38. The molecule has 5 aromatic rings. The summed E-state index contributed by atoms with van der Waals surface area (Å²) in [5.74, 6) is 0.366. The Hall–Kier alpha value is -2.80. The molecule has 1 N–H and O–H groups in total. The van der Waals surface area contributed by atoms with Crippen molar-refractivity contribution in [2.24, 2.45) is 0 Å². The molecule has 7 heteroatoms. The van der Waals surface area contributed by atoms with Crippen LogP contribution in [0.2, 0.25) is 0 Å². The fraction of sp³-hybridized carbons (Fsp3) is 0. The van der Waals surface area contributed by atoms with Gasteiger partial charge in [-0.3, -0.25) is 9.78 Å². The van der Waals surface area contributed by atoms with Gasteiger partial charge >= 0.3 is 0 Å². The highest BCUT2D eigenvalue weighted by atomic mass is 35.5. The number of nitrogens with one attached hydrogen (secondary N) is 1. The fourth-order valence-electron chi connectivity index (χ4n) is 3.07. The topological polar surface area (TPSA) is 58.6 Å². The summed E-state index contributed by atoms with van der Waals surface area (Å²) in [6.45, 7) is 0. The largest absolute Gasteiger partial charge is 0.305 e. The maximum Gasteiger partial charge on any atom is 0.260 e. The monoisotopic (exact) mass is 421 g/mol. The molecule has 0 bridgehead atoms. The number of rotatable bonds is 3. The lowest BCUT2D eigenvalue weighted by molar-refractivity contribution is 1.14. The lowest BCUT2D eigenvalue weighted by Gasteiger charge is -2.02. The molecule has 0 aliphatic carbocycles. The van der Waals surface area contributed by atoms with Crippen molar-refractivity contribution < 1.29 is 0 Å². The Morgan fingerprint density at radius 2 is 2.07 bits per heavy atom. The van der Waals surface area contributed by atoms with E-state index >= 15 is 0 Å². The zero-order valence-electron chi connectivity index (χ0n) is 14.3. The Morgan fingerprint density at radius 3 is 2.93 bits per heavy atom. The number of benzene rings is 1. The highest BCUT2D eigenvalue weighted by Gasteiger charge is 2.14. The zero-order valence-corrected chi connectivity index (χ0v) is 16.7. The van der Waals surface area contributed by atoms with Gasteiger partial charge in [0.15, 0.2) is 5.82 Å². The summed E-state index contributed by atoms with van der Waals surface area (Å²) >= 11 is 9.54. The predicted octanol–water partition coefficient (Wildman–Crippen LogP) is 6.00. The van der Waals surface area contributed by atoms with Crippen LogP contribution in [0.15, 0.2) is 64.2 Å². The second kappa shape index (κ2) is 6.98. The number of halogens is 1. The van der Waals surface area contributed by atoms with Crippen LogP contribution in [0, 0.1) is 0 Å². The van der Waals surface area contributed by atoms with E-state index in [-0.39, 0.29) is 5.56 Å². The van der Waals surface area contributed by atoms with Gasteiger partial charge in [0.2, 0.25) is 0 Å². The maximum atomic E-state index is 12.7. The van der Waals surface area contributed by atoms with Crippen molar-refractivity contribution >= 4 is 66.5 Å². The lowest BCUT2D eigenvalue weighted by Crippen LogP contribution is -2.10. The van der Waals surface area contributed by atoms with E-state index in [0.29, 0.717) is 21.1 Å². The first-order valence-electron chi connectivity index (χ1n) is 8.47. The SMILES string of the molecule is O=c1[nH]c(/C(Cl)=C\c2ccc3ncccc3c2)nc2scc(-c3cccs3)c12. The molecule has 0 fully saturated rings. The Balaban J connectivity index is 1.58. The van der Waals surface area contributed by atoms with Gasteiger partial charge in [-0.2, -0.15) is 0 Å². The highest BCUT2D eigenvalue weighted by Crippen LogP contribution is 2.34. The summed E-state index contributed by atoms with van der Waals surface area (Å²) in [5, 5.41) is 5.98. The van der Waals surface area contributed by atoms with Crippen LogP contribution in [0.1, 0.15) is 11.4 Å². The van der Waals surface area contributed by atoms with E-state index in [1.165, 1.54) is 11.3 Å². The molecule has 4 heterocycles. The van der Waals surface area contributed by atoms with Crippen molar-refractivity contribution in [3.8, 4) is 10.4 Å². The van der Waals surface area contributed by atoms with Crippen molar-refractivity contribution in [3.05, 3.63) is 81.2 Å². The minimum atomic E-state index is -0.182. The fourth-order valence-corrected chi connectivity index (χ4v) is 5.05. The van der Waals surface area contributed by atoms with Gasteiger partial charge in [0.05, 0.1) is 15.9 Å². The first kappa shape index (κ1) is 17.3. The molecule has 1 aromatic carbocycles. The van der Waals surface area contributed by atoms with Gasteiger partial charge in [0.1, 0.15) is 4.83 Å². The molecule has 4 nitrogen and oxygen atoms in total. The summed E-state index contributed by atoms with van der Waals surface area (Å²) in [6, 6.07) is 13.7. The smallest absolute Gasteiger partial charge is 0.260 e. The van der Waals surface area contributed by atoms with Crippen molar-refractivity contribution in [3.63, 3.8) is 0 Å². The number of fused-ring (bicyclic) bond motifs is 2. The number of thiophene rings is 2. The Kier molecular flexibility index (Phi) is 4.31. The van der Waals surface area contributed by atoms with Crippen molar-refractivity contribution in [2.75, 3.05) is 0 Å². The van der Waals surface area contributed by atoms with E-state index in [1.807, 2.05) is 53.2 Å². The van der Waals surface area contributed by atoms with Crippen LogP contribution in [-0.2, 0) is 0 Å². The standard InChI is InChI=1S/C21H12ClN3OS2/c22-15(10-12-5-6-16-13(9-12)3-1-7-23-16)19-24-20(26)18-14(11-28-21(18)25-19)17-4-2-8-27-17/h1-11H,(H,24,25,26)/b15-10+. The van der Waals surface area contributed by atoms with Gasteiger partial charge in [-0.15, -0.1) is 22.7 Å². The van der Waals surface area contributed by atoms with Crippen LogP contribution in [0.3, 0.4) is 0 Å². The molecular formula is C21H12ClN3OS2. The van der Waals surface area contributed by atoms with Gasteiger partial charge in [-0.1, -0.05) is 29.8 Å². The van der Waals surface area contributed by atoms with Crippen LogP contribution < -0.4 is 5.56 Å². The average molecular weight is 422 g/mol. The van der Waals surface area contributed by atoms with Crippen LogP contribution in [0.5, 0.6) is 0 Å². The normalized spacial score (nSPS) is 12.1. The molecule has 0 unspecified atom stereocenters. The molecular weight excluding hydrogens is 410 g/mol. The zero-order chi connectivity index (χ0) is 19.1. The van der Waals surface area contributed by atoms with Crippen molar-refractivity contribution in [1.29, 1.82) is 0 Å². The van der Waals surface area contributed by atoms with E-state index in [0.717, 1.165) is 26.9 Å². The van der Waals surface area contributed by atoms with Gasteiger partial charge in [-0.05, 0) is 41.3 Å². The molecule has 0 saturated carbocycles. The molecule has 0 radical (unpaired) electrons. The second-order valence-corrected chi connectivity index (χ2v) is 8.38. The van der Waals surface area contributed by atoms with E-state index < -0.39 is 0 Å². The Labute approximate surface area is 172 Å². The van der Waals surface area contributed by atoms with Gasteiger partial charge in [0.25, 0.3) is 5.56 Å². The van der Waals surface area contributed by atoms with Gasteiger partial charge < -0.3 is 4.98 Å². The lowest BCUT2D eigenvalue weighted by atomic mass is 10.1. The maximum absolute atomic E-state index is 12.7. The number of hydrogen-bond donors (Lipinski definition) is 1. The number of aromatic amines is 1. The van der Waals surface area contributed by atoms with Crippen molar-refractivity contribution in [1.82, 2.24) is 15.0 Å². The summed E-state index contributed by atoms with van der Waals surface area (Å²) in [6.07, 6.45) is 3.56. The second-order valence-electron chi connectivity index (χ2n) is 6.17. The van der Waals surface area contributed by atoms with E-state index in [2.05, 4.69) is 15.0 Å². The first-order chi connectivity index (χ1) is 13.7. The number of aromatic nitrogens is 3. The molecule has 0 amide bonds. The quantitative estimate of drug-likeness (QED) is 0.388. The average Bonchev–Trinajstić information content (AvgIpc) is 3.37. The van der Waals surface area contributed by atoms with Crippen LogP contribution in [-0.4, -0.2) is 15.0 Å². The van der Waals surface area contributed by atoms with E-state index in [4.69, 9.17) is 11.6 Å². The van der Waals surface area contributed by atoms with Crippen LogP contribution in [0.25, 0.3) is 42.7 Å². The molecule has 0 atom stereocenters. The number of nitrogens with zero attached hydrogens (tertiary/aromatic N) is 2. The third-order valence-corrected chi connectivity index (χ3v) is 6.44. The van der Waals surface area contributed by atoms with E-state index in [1.54, 1.807) is 23.6 Å². The first-order valence-corrected chi connectivity index (χ1v) is 10.6. The van der Waals surface area contributed by atoms with Crippen LogP contribution >= 0.6 is 34.3 Å². The number of hydrogen-bond acceptors (Lipinski definition) is 5. The molecule has 0 spiro atoms. The predicted molar refractivity (Wildman–Crippen MR) is 119 cm³/mol. The van der Waals surface area contributed by atoms with Crippen molar-refractivity contribution in [2.45, 2.75) is 0 Å². The summed E-state index contributed by atoms with van der Waals surface area (Å²) in [7, 11) is 0. The minimum absolute atomic E-state index is 0.182. The summed E-state index contributed by atoms with van der Waals surface area (Å²) in [5.41, 5.74) is 2.57. The minimum Gasteiger partial charge on any atom is -0.305 e. The van der Waals surface area contributed by atoms with Gasteiger partial charge in [0, 0.05) is 27.4 Å². The third kappa shape index (κ3) is 3.05. The van der Waals surface area contributed by atoms with E-state index in [9.17, 15) is 4.79 Å². The summed E-state index contributed by atoms with van der Waals surface area (Å²) in [4.78, 5) is 26.2. The molecule has 4 aromatic heterocycles. The number of pyridine rings is 1.